The summed E-state index contributed by atoms with van der Waals surface area (Å²) in [5.74, 6) is -0.226. The van der Waals surface area contributed by atoms with Crippen molar-refractivity contribution in [1.29, 1.82) is 0 Å². The van der Waals surface area contributed by atoms with E-state index in [0.717, 1.165) is 11.1 Å². The standard InChI is InChI=1S/C15H11NO3/c17-12-8-5-10(6-9-12)4-7-11-2-1-3-13-14(11)19-15(18)16-13/h1-9,17H,(H,16,18)/b7-4+. The van der Waals surface area contributed by atoms with E-state index in [-0.39, 0.29) is 5.75 Å². The molecule has 2 N–H and O–H groups in total. The Morgan fingerprint density at radius 3 is 2.63 bits per heavy atom. The molecule has 0 atom stereocenters. The number of hydrogen-bond donors (Lipinski definition) is 2. The van der Waals surface area contributed by atoms with Crippen LogP contribution in [0.2, 0.25) is 0 Å². The molecular formula is C15H11NO3. The third-order valence-corrected chi connectivity index (χ3v) is 2.83. The molecule has 4 nitrogen and oxygen atoms in total. The molecule has 0 aliphatic heterocycles. The van der Waals surface area contributed by atoms with E-state index >= 15 is 0 Å². The number of aromatic nitrogens is 1. The highest BCUT2D eigenvalue weighted by Gasteiger charge is 2.03. The molecule has 0 aliphatic rings. The van der Waals surface area contributed by atoms with Gasteiger partial charge in [-0.05, 0) is 23.8 Å². The number of fused-ring (bicyclic) bond motifs is 1. The van der Waals surface area contributed by atoms with E-state index in [1.165, 1.54) is 0 Å². The van der Waals surface area contributed by atoms with Crippen LogP contribution in [-0.4, -0.2) is 10.1 Å². The Morgan fingerprint density at radius 1 is 1.05 bits per heavy atom. The van der Waals surface area contributed by atoms with Crippen molar-refractivity contribution in [3.05, 3.63) is 64.1 Å². The van der Waals surface area contributed by atoms with E-state index in [4.69, 9.17) is 4.42 Å². The summed E-state index contributed by atoms with van der Waals surface area (Å²) in [6.45, 7) is 0. The van der Waals surface area contributed by atoms with Gasteiger partial charge in [0.25, 0.3) is 0 Å². The maximum absolute atomic E-state index is 11.2. The number of aromatic amines is 1. The molecule has 3 aromatic rings. The van der Waals surface area contributed by atoms with Crippen molar-refractivity contribution in [2.24, 2.45) is 0 Å². The maximum Gasteiger partial charge on any atom is 0.417 e. The van der Waals surface area contributed by atoms with Crippen LogP contribution in [0.15, 0.2) is 51.7 Å². The first kappa shape index (κ1) is 11.3. The molecule has 94 valence electrons. The summed E-state index contributed by atoms with van der Waals surface area (Å²) >= 11 is 0. The van der Waals surface area contributed by atoms with Gasteiger partial charge in [0.2, 0.25) is 0 Å². The Labute approximate surface area is 108 Å². The monoisotopic (exact) mass is 253 g/mol. The Morgan fingerprint density at radius 2 is 1.84 bits per heavy atom. The molecule has 0 amide bonds. The summed E-state index contributed by atoms with van der Waals surface area (Å²) in [5, 5.41) is 9.21. The number of aromatic hydroxyl groups is 1. The highest BCUT2D eigenvalue weighted by molar-refractivity contribution is 5.86. The van der Waals surface area contributed by atoms with E-state index in [0.29, 0.717) is 11.1 Å². The summed E-state index contributed by atoms with van der Waals surface area (Å²) in [4.78, 5) is 13.8. The summed E-state index contributed by atoms with van der Waals surface area (Å²) in [6, 6.07) is 12.4. The molecule has 0 fully saturated rings. The van der Waals surface area contributed by atoms with Crippen LogP contribution in [0.3, 0.4) is 0 Å². The van der Waals surface area contributed by atoms with Crippen molar-refractivity contribution in [1.82, 2.24) is 4.98 Å². The average molecular weight is 253 g/mol. The molecule has 0 aliphatic carbocycles. The second kappa shape index (κ2) is 4.49. The molecule has 0 radical (unpaired) electrons. The van der Waals surface area contributed by atoms with Gasteiger partial charge in [-0.15, -0.1) is 0 Å². The van der Waals surface area contributed by atoms with Gasteiger partial charge in [0.15, 0.2) is 5.58 Å². The highest BCUT2D eigenvalue weighted by Crippen LogP contribution is 2.19. The number of para-hydroxylation sites is 1. The van der Waals surface area contributed by atoms with Crippen molar-refractivity contribution in [2.75, 3.05) is 0 Å². The van der Waals surface area contributed by atoms with Crippen LogP contribution in [0.25, 0.3) is 23.3 Å². The van der Waals surface area contributed by atoms with Gasteiger partial charge in [0, 0.05) is 5.56 Å². The summed E-state index contributed by atoms with van der Waals surface area (Å²) < 4.78 is 5.10. The summed E-state index contributed by atoms with van der Waals surface area (Å²) in [6.07, 6.45) is 3.76. The lowest BCUT2D eigenvalue weighted by Crippen LogP contribution is -1.92. The molecule has 4 heteroatoms. The SMILES string of the molecule is O=c1[nH]c2cccc(/C=C/c3ccc(O)cc3)c2o1. The van der Waals surface area contributed by atoms with Crippen LogP contribution < -0.4 is 5.76 Å². The third kappa shape index (κ3) is 2.28. The number of benzene rings is 2. The fraction of sp³-hybridized carbons (Fsp3) is 0. The number of nitrogens with one attached hydrogen (secondary N) is 1. The van der Waals surface area contributed by atoms with Gasteiger partial charge in [0.1, 0.15) is 5.75 Å². The molecule has 0 spiro atoms. The molecular weight excluding hydrogens is 242 g/mol. The van der Waals surface area contributed by atoms with E-state index in [2.05, 4.69) is 4.98 Å². The predicted octanol–water partition coefficient (Wildman–Crippen LogP) is 3.00. The molecule has 1 aromatic heterocycles. The second-order valence-corrected chi connectivity index (χ2v) is 4.16. The number of hydrogen-bond acceptors (Lipinski definition) is 3. The lowest BCUT2D eigenvalue weighted by atomic mass is 10.1. The van der Waals surface area contributed by atoms with Gasteiger partial charge in [-0.25, -0.2) is 4.79 Å². The average Bonchev–Trinajstić information content (AvgIpc) is 2.79. The second-order valence-electron chi connectivity index (χ2n) is 4.16. The van der Waals surface area contributed by atoms with E-state index < -0.39 is 5.76 Å². The molecule has 1 heterocycles. The van der Waals surface area contributed by atoms with Crippen LogP contribution in [-0.2, 0) is 0 Å². The van der Waals surface area contributed by atoms with Crippen LogP contribution in [0.4, 0.5) is 0 Å². The molecule has 0 unspecified atom stereocenters. The van der Waals surface area contributed by atoms with Crippen molar-refractivity contribution < 1.29 is 9.52 Å². The first-order chi connectivity index (χ1) is 9.22. The number of oxazole rings is 1. The fourth-order valence-corrected chi connectivity index (χ4v) is 1.90. The zero-order valence-corrected chi connectivity index (χ0v) is 9.96. The van der Waals surface area contributed by atoms with Gasteiger partial charge in [-0.2, -0.15) is 0 Å². The first-order valence-corrected chi connectivity index (χ1v) is 5.81. The minimum absolute atomic E-state index is 0.232. The quantitative estimate of drug-likeness (QED) is 0.690. The fourth-order valence-electron chi connectivity index (χ4n) is 1.90. The summed E-state index contributed by atoms with van der Waals surface area (Å²) in [5.41, 5.74) is 3.00. The number of phenolic OH excluding ortho intramolecular Hbond substituents is 1. The number of rotatable bonds is 2. The normalized spacial score (nSPS) is 11.4. The smallest absolute Gasteiger partial charge is 0.417 e. The van der Waals surface area contributed by atoms with Crippen LogP contribution in [0, 0.1) is 0 Å². The first-order valence-electron chi connectivity index (χ1n) is 5.81. The number of H-pyrrole nitrogens is 1. The van der Waals surface area contributed by atoms with Gasteiger partial charge in [0.05, 0.1) is 5.52 Å². The van der Waals surface area contributed by atoms with Gasteiger partial charge in [-0.3, -0.25) is 4.98 Å². The zero-order chi connectivity index (χ0) is 13.2. The Kier molecular flexibility index (Phi) is 2.68. The van der Waals surface area contributed by atoms with E-state index in [1.807, 2.05) is 24.3 Å². The molecule has 19 heavy (non-hydrogen) atoms. The lowest BCUT2D eigenvalue weighted by molar-refractivity contribution is 0.475. The lowest BCUT2D eigenvalue weighted by Gasteiger charge is -1.96. The van der Waals surface area contributed by atoms with Crippen LogP contribution in [0.5, 0.6) is 5.75 Å². The minimum Gasteiger partial charge on any atom is -0.508 e. The van der Waals surface area contributed by atoms with Crippen molar-refractivity contribution in [3.63, 3.8) is 0 Å². The Hall–Kier alpha value is -2.75. The number of phenols is 1. The molecule has 3 rings (SSSR count). The third-order valence-electron chi connectivity index (χ3n) is 2.83. The van der Waals surface area contributed by atoms with E-state index in [1.54, 1.807) is 30.3 Å². The minimum atomic E-state index is -0.458. The van der Waals surface area contributed by atoms with Crippen molar-refractivity contribution in [3.8, 4) is 5.75 Å². The molecule has 0 saturated carbocycles. The highest BCUT2D eigenvalue weighted by atomic mass is 16.4. The molecule has 0 saturated heterocycles. The summed E-state index contributed by atoms with van der Waals surface area (Å²) in [7, 11) is 0. The van der Waals surface area contributed by atoms with Crippen LogP contribution in [0.1, 0.15) is 11.1 Å². The Balaban J connectivity index is 2.01. The van der Waals surface area contributed by atoms with Crippen molar-refractivity contribution >= 4 is 23.3 Å². The van der Waals surface area contributed by atoms with Gasteiger partial charge < -0.3 is 9.52 Å². The topological polar surface area (TPSA) is 66.2 Å². The largest absolute Gasteiger partial charge is 0.508 e. The van der Waals surface area contributed by atoms with E-state index in [9.17, 15) is 9.90 Å². The maximum atomic E-state index is 11.2. The zero-order valence-electron chi connectivity index (χ0n) is 9.96. The van der Waals surface area contributed by atoms with Gasteiger partial charge in [-0.1, -0.05) is 36.4 Å². The molecule has 2 aromatic carbocycles. The predicted molar refractivity (Wildman–Crippen MR) is 73.9 cm³/mol. The van der Waals surface area contributed by atoms with Crippen molar-refractivity contribution in [2.45, 2.75) is 0 Å². The Bertz CT molecular complexity index is 794. The van der Waals surface area contributed by atoms with Crippen LogP contribution >= 0.6 is 0 Å². The van der Waals surface area contributed by atoms with Gasteiger partial charge >= 0.3 is 5.76 Å². The molecule has 0 bridgehead atoms.